The average molecular weight is 432 g/mol. The van der Waals surface area contributed by atoms with Crippen molar-refractivity contribution in [2.24, 2.45) is 5.10 Å². The van der Waals surface area contributed by atoms with E-state index in [0.717, 1.165) is 23.1 Å². The number of nitrogen functional groups attached to an aromatic ring is 1. The van der Waals surface area contributed by atoms with Crippen LogP contribution >= 0.6 is 23.4 Å². The van der Waals surface area contributed by atoms with Crippen LogP contribution in [0.25, 0.3) is 0 Å². The van der Waals surface area contributed by atoms with Crippen molar-refractivity contribution in [3.63, 3.8) is 0 Å². The molecule has 0 fully saturated rings. The first-order valence-electron chi connectivity index (χ1n) is 8.37. The number of nitrogens with zero attached hydrogens (tertiary/aromatic N) is 4. The highest BCUT2D eigenvalue weighted by Crippen LogP contribution is 2.22. The van der Waals surface area contributed by atoms with Crippen LogP contribution in [0.3, 0.4) is 0 Å². The lowest BCUT2D eigenvalue weighted by Crippen LogP contribution is -2.17. The number of para-hydroxylation sites is 1. The van der Waals surface area contributed by atoms with Gasteiger partial charge in [0.2, 0.25) is 11.1 Å². The molecule has 0 radical (unpaired) electrons. The molecular formula is C18H18ClN7O2S. The third kappa shape index (κ3) is 5.62. The molecule has 0 saturated heterocycles. The molecule has 0 saturated carbocycles. The zero-order chi connectivity index (χ0) is 20.6. The number of carbonyl (C=O) groups is 1. The molecule has 1 amide bonds. The third-order valence-electron chi connectivity index (χ3n) is 3.62. The van der Waals surface area contributed by atoms with Gasteiger partial charge in [0.25, 0.3) is 5.95 Å². The number of amides is 1. The molecule has 0 aliphatic rings. The largest absolute Gasteiger partial charge is 0.497 e. The summed E-state index contributed by atoms with van der Waals surface area (Å²) < 4.78 is 6.38. The second-order valence-corrected chi connectivity index (χ2v) is 6.99. The Bertz CT molecular complexity index is 1020. The maximum atomic E-state index is 12.1. The molecule has 0 aliphatic carbocycles. The van der Waals surface area contributed by atoms with Gasteiger partial charge in [-0.15, -0.1) is 10.2 Å². The Hall–Kier alpha value is -3.24. The second kappa shape index (κ2) is 9.80. The maximum absolute atomic E-state index is 12.1. The van der Waals surface area contributed by atoms with Crippen LogP contribution in [0.1, 0.15) is 5.56 Å². The van der Waals surface area contributed by atoms with E-state index in [1.807, 2.05) is 24.3 Å². The summed E-state index contributed by atoms with van der Waals surface area (Å²) in [7, 11) is 1.60. The molecular weight excluding hydrogens is 414 g/mol. The van der Waals surface area contributed by atoms with E-state index in [4.69, 9.17) is 22.2 Å². The number of thioether (sulfide) groups is 1. The summed E-state index contributed by atoms with van der Waals surface area (Å²) in [6, 6.07) is 14.4. The lowest BCUT2D eigenvalue weighted by Gasteiger charge is -2.06. The minimum absolute atomic E-state index is 0.0909. The molecule has 150 valence electrons. The number of halogens is 1. The predicted octanol–water partition coefficient (Wildman–Crippen LogP) is 2.83. The fourth-order valence-electron chi connectivity index (χ4n) is 2.22. The molecule has 1 aromatic heterocycles. The first kappa shape index (κ1) is 20.5. The molecule has 2 aromatic carbocycles. The number of anilines is 2. The number of nitrogens with two attached hydrogens (primary N) is 1. The highest BCUT2D eigenvalue weighted by atomic mass is 35.5. The van der Waals surface area contributed by atoms with Crippen molar-refractivity contribution < 1.29 is 9.53 Å². The fraction of sp³-hybridized carbons (Fsp3) is 0.111. The first-order valence-corrected chi connectivity index (χ1v) is 9.74. The fourth-order valence-corrected chi connectivity index (χ4v) is 3.06. The summed E-state index contributed by atoms with van der Waals surface area (Å²) in [6.07, 6.45) is 1.60. The number of ether oxygens (including phenoxy) is 1. The Morgan fingerprint density at radius 3 is 2.93 bits per heavy atom. The predicted molar refractivity (Wildman–Crippen MR) is 115 cm³/mol. The summed E-state index contributed by atoms with van der Waals surface area (Å²) in [6.45, 7) is 0. The molecule has 11 heteroatoms. The van der Waals surface area contributed by atoms with E-state index < -0.39 is 0 Å². The number of carbonyl (C=O) groups excluding carboxylic acids is 1. The lowest BCUT2D eigenvalue weighted by atomic mass is 10.2. The SMILES string of the molecule is COc1cccc(/C=N/Nc2nnc(SCC(=O)Nc3ccccc3Cl)n2N)c1. The minimum atomic E-state index is -0.239. The summed E-state index contributed by atoms with van der Waals surface area (Å²) in [5.74, 6) is 6.77. The van der Waals surface area contributed by atoms with Crippen LogP contribution in [-0.2, 0) is 4.79 Å². The van der Waals surface area contributed by atoms with E-state index in [2.05, 4.69) is 26.0 Å². The number of hydrogen-bond donors (Lipinski definition) is 3. The number of hydrazone groups is 1. The Morgan fingerprint density at radius 1 is 1.31 bits per heavy atom. The van der Waals surface area contributed by atoms with Crippen LogP contribution in [0, 0.1) is 0 Å². The van der Waals surface area contributed by atoms with Crippen molar-refractivity contribution in [2.45, 2.75) is 5.16 Å². The average Bonchev–Trinajstić information content (AvgIpc) is 3.08. The van der Waals surface area contributed by atoms with Gasteiger partial charge < -0.3 is 15.9 Å². The summed E-state index contributed by atoms with van der Waals surface area (Å²) in [4.78, 5) is 12.1. The van der Waals surface area contributed by atoms with Crippen LogP contribution in [0.15, 0.2) is 58.8 Å². The third-order valence-corrected chi connectivity index (χ3v) is 4.89. The number of methoxy groups -OCH3 is 1. The zero-order valence-corrected chi connectivity index (χ0v) is 16.9. The number of nitrogens with one attached hydrogen (secondary N) is 2. The van der Waals surface area contributed by atoms with Gasteiger partial charge in [-0.05, 0) is 29.8 Å². The summed E-state index contributed by atoms with van der Waals surface area (Å²) in [5, 5.41) is 15.5. The second-order valence-electron chi connectivity index (χ2n) is 5.64. The van der Waals surface area contributed by atoms with E-state index in [1.165, 1.54) is 4.68 Å². The van der Waals surface area contributed by atoms with Crippen LogP contribution in [0.2, 0.25) is 5.02 Å². The molecule has 0 atom stereocenters. The molecule has 1 heterocycles. The molecule has 0 unspecified atom stereocenters. The Morgan fingerprint density at radius 2 is 2.14 bits per heavy atom. The van der Waals surface area contributed by atoms with Crippen molar-refractivity contribution in [2.75, 3.05) is 29.4 Å². The highest BCUT2D eigenvalue weighted by molar-refractivity contribution is 7.99. The number of rotatable bonds is 8. The van der Waals surface area contributed by atoms with Gasteiger partial charge in [0.1, 0.15) is 5.75 Å². The van der Waals surface area contributed by atoms with Crippen molar-refractivity contribution in [1.82, 2.24) is 14.9 Å². The van der Waals surface area contributed by atoms with Crippen molar-refractivity contribution >= 4 is 47.1 Å². The summed E-state index contributed by atoms with van der Waals surface area (Å²) >= 11 is 7.16. The molecule has 3 rings (SSSR count). The Balaban J connectivity index is 1.54. The number of hydrogen-bond acceptors (Lipinski definition) is 8. The van der Waals surface area contributed by atoms with Gasteiger partial charge >= 0.3 is 0 Å². The van der Waals surface area contributed by atoms with Crippen LogP contribution < -0.4 is 21.3 Å². The van der Waals surface area contributed by atoms with E-state index in [1.54, 1.807) is 37.6 Å². The molecule has 9 nitrogen and oxygen atoms in total. The topological polar surface area (TPSA) is 119 Å². The van der Waals surface area contributed by atoms with Gasteiger partial charge in [0, 0.05) is 0 Å². The van der Waals surface area contributed by atoms with Crippen LogP contribution in [0.5, 0.6) is 5.75 Å². The normalized spacial score (nSPS) is 10.8. The Labute approximate surface area is 176 Å². The maximum Gasteiger partial charge on any atom is 0.264 e. The minimum Gasteiger partial charge on any atom is -0.497 e. The standard InChI is InChI=1S/C18H18ClN7O2S/c1-28-13-6-4-5-12(9-13)10-21-23-17-24-25-18(26(17)20)29-11-16(27)22-15-8-3-2-7-14(15)19/h2-10H,11,20H2,1H3,(H,22,27)(H,23,24)/b21-10+. The zero-order valence-electron chi connectivity index (χ0n) is 15.4. The molecule has 29 heavy (non-hydrogen) atoms. The van der Waals surface area contributed by atoms with E-state index in [-0.39, 0.29) is 17.6 Å². The number of aromatic nitrogens is 3. The molecule has 4 N–H and O–H groups in total. The quantitative estimate of drug-likeness (QED) is 0.217. The monoisotopic (exact) mass is 431 g/mol. The van der Waals surface area contributed by atoms with Gasteiger partial charge in [-0.1, -0.05) is 47.6 Å². The van der Waals surface area contributed by atoms with Crippen LogP contribution in [-0.4, -0.2) is 39.9 Å². The Kier molecular flexibility index (Phi) is 6.93. The van der Waals surface area contributed by atoms with Crippen molar-refractivity contribution in [1.29, 1.82) is 0 Å². The van der Waals surface area contributed by atoms with Gasteiger partial charge in [-0.2, -0.15) is 5.10 Å². The highest BCUT2D eigenvalue weighted by Gasteiger charge is 2.12. The summed E-state index contributed by atoms with van der Waals surface area (Å²) in [5.41, 5.74) is 4.10. The van der Waals surface area contributed by atoms with E-state index in [9.17, 15) is 4.79 Å². The lowest BCUT2D eigenvalue weighted by molar-refractivity contribution is -0.113. The molecule has 3 aromatic rings. The molecule has 0 bridgehead atoms. The van der Waals surface area contributed by atoms with Crippen molar-refractivity contribution in [3.8, 4) is 5.75 Å². The van der Waals surface area contributed by atoms with E-state index >= 15 is 0 Å². The van der Waals surface area contributed by atoms with Gasteiger partial charge in [-0.25, -0.2) is 10.1 Å². The van der Waals surface area contributed by atoms with Gasteiger partial charge in [0.15, 0.2) is 0 Å². The molecule has 0 spiro atoms. The van der Waals surface area contributed by atoms with Gasteiger partial charge in [0.05, 0.1) is 29.8 Å². The van der Waals surface area contributed by atoms with E-state index in [0.29, 0.717) is 15.9 Å². The molecule has 0 aliphatic heterocycles. The van der Waals surface area contributed by atoms with Gasteiger partial charge in [-0.3, -0.25) is 4.79 Å². The number of benzene rings is 2. The smallest absolute Gasteiger partial charge is 0.264 e. The van der Waals surface area contributed by atoms with Crippen molar-refractivity contribution in [3.05, 3.63) is 59.1 Å². The van der Waals surface area contributed by atoms with Crippen LogP contribution in [0.4, 0.5) is 11.6 Å². The first-order chi connectivity index (χ1) is 14.1.